The van der Waals surface area contributed by atoms with Crippen molar-refractivity contribution < 1.29 is 0 Å². The van der Waals surface area contributed by atoms with Crippen LogP contribution < -0.4 is 4.90 Å². The molecule has 3 aliphatic rings. The highest BCUT2D eigenvalue weighted by atomic mass is 32.1. The van der Waals surface area contributed by atoms with Crippen LogP contribution in [0.2, 0.25) is 0 Å². The summed E-state index contributed by atoms with van der Waals surface area (Å²) in [5.41, 5.74) is 24.8. The number of anilines is 3. The van der Waals surface area contributed by atoms with Gasteiger partial charge in [0, 0.05) is 59.1 Å². The Morgan fingerprint density at radius 2 is 0.918 bits per heavy atom. The Bertz CT molecular complexity index is 4470. The first-order chi connectivity index (χ1) is 36.0. The summed E-state index contributed by atoms with van der Waals surface area (Å²) in [6.07, 6.45) is 0. The van der Waals surface area contributed by atoms with Crippen LogP contribution in [-0.2, 0) is 10.8 Å². The number of hydrogen-bond acceptors (Lipinski definition) is 2. The van der Waals surface area contributed by atoms with Crippen LogP contribution in [0.5, 0.6) is 0 Å². The van der Waals surface area contributed by atoms with Crippen LogP contribution in [-0.4, -0.2) is 4.57 Å². The molecule has 0 saturated heterocycles. The van der Waals surface area contributed by atoms with E-state index >= 15 is 0 Å². The lowest BCUT2D eigenvalue weighted by atomic mass is 9.70. The standard InChI is InChI=1S/C70H46N2S/c1-69(2)57-23-11-6-18-49(57)51-35-33-47(41-61(51)69)71(46-31-28-43(29-32-46)44-30-38-64-56(40-44)53-20-9-14-26-63(53)72(64)45-16-4-3-5-17-45)48-34-36-52-50-19-7-12-24-58(50)70(62(52)42-48)59-25-13-8-21-54(59)67-60(70)37-39-66-68(67)55-22-10-15-27-65(55)73-66/h3-42H,1-2H3. The molecule has 0 radical (unpaired) electrons. The predicted molar refractivity (Wildman–Crippen MR) is 308 cm³/mol. The molecule has 0 saturated carbocycles. The molecular formula is C70H46N2S. The van der Waals surface area contributed by atoms with Crippen molar-refractivity contribution in [2.24, 2.45) is 0 Å². The maximum absolute atomic E-state index is 2.54. The number of benzene rings is 11. The lowest BCUT2D eigenvalue weighted by Gasteiger charge is -2.32. The molecule has 73 heavy (non-hydrogen) atoms. The van der Waals surface area contributed by atoms with Gasteiger partial charge in [0.05, 0.1) is 16.4 Å². The van der Waals surface area contributed by atoms with Crippen LogP contribution in [0.25, 0.3) is 92.2 Å². The Morgan fingerprint density at radius 1 is 0.356 bits per heavy atom. The zero-order valence-corrected chi connectivity index (χ0v) is 41.2. The quantitative estimate of drug-likeness (QED) is 0.167. The number of aromatic nitrogens is 1. The van der Waals surface area contributed by atoms with E-state index in [0.29, 0.717) is 0 Å². The molecule has 2 nitrogen and oxygen atoms in total. The summed E-state index contributed by atoms with van der Waals surface area (Å²) in [7, 11) is 0. The third-order valence-corrected chi connectivity index (χ3v) is 17.9. The van der Waals surface area contributed by atoms with Crippen molar-refractivity contribution in [3.8, 4) is 50.2 Å². The Balaban J connectivity index is 0.900. The molecule has 0 fully saturated rings. The largest absolute Gasteiger partial charge is 0.310 e. The fraction of sp³-hybridized carbons (Fsp3) is 0.0571. The summed E-state index contributed by atoms with van der Waals surface area (Å²) in [5.74, 6) is 0. The Morgan fingerprint density at radius 3 is 1.70 bits per heavy atom. The first-order valence-corrected chi connectivity index (χ1v) is 26.3. The van der Waals surface area contributed by atoms with Gasteiger partial charge in [-0.2, -0.15) is 0 Å². The maximum atomic E-state index is 2.54. The van der Waals surface area contributed by atoms with Crippen molar-refractivity contribution in [2.45, 2.75) is 24.7 Å². The van der Waals surface area contributed by atoms with E-state index < -0.39 is 5.41 Å². The fourth-order valence-corrected chi connectivity index (χ4v) is 14.8. The Kier molecular flexibility index (Phi) is 8.35. The van der Waals surface area contributed by atoms with Crippen molar-refractivity contribution in [1.29, 1.82) is 0 Å². The highest BCUT2D eigenvalue weighted by Gasteiger charge is 2.52. The molecule has 3 aliphatic carbocycles. The maximum Gasteiger partial charge on any atom is 0.0726 e. The molecule has 1 spiro atoms. The van der Waals surface area contributed by atoms with Gasteiger partial charge in [-0.25, -0.2) is 0 Å². The van der Waals surface area contributed by atoms with Gasteiger partial charge in [-0.3, -0.25) is 0 Å². The Labute approximate surface area is 428 Å². The van der Waals surface area contributed by atoms with Gasteiger partial charge in [0.25, 0.3) is 0 Å². The number of thiophene rings is 1. The van der Waals surface area contributed by atoms with Crippen LogP contribution in [0.3, 0.4) is 0 Å². The summed E-state index contributed by atoms with van der Waals surface area (Å²) in [4.78, 5) is 2.51. The van der Waals surface area contributed by atoms with Crippen LogP contribution >= 0.6 is 11.3 Å². The number of para-hydroxylation sites is 2. The van der Waals surface area contributed by atoms with Gasteiger partial charge in [0.15, 0.2) is 0 Å². The molecule has 0 amide bonds. The minimum Gasteiger partial charge on any atom is -0.310 e. The number of hydrogen-bond donors (Lipinski definition) is 0. The third-order valence-electron chi connectivity index (χ3n) is 16.8. The first kappa shape index (κ1) is 40.9. The fourth-order valence-electron chi connectivity index (χ4n) is 13.7. The monoisotopic (exact) mass is 946 g/mol. The molecule has 342 valence electrons. The smallest absolute Gasteiger partial charge is 0.0726 e. The van der Waals surface area contributed by atoms with Crippen LogP contribution in [0.15, 0.2) is 243 Å². The van der Waals surface area contributed by atoms with Crippen LogP contribution in [0.4, 0.5) is 17.1 Å². The number of rotatable bonds is 5. The van der Waals surface area contributed by atoms with Gasteiger partial charge >= 0.3 is 0 Å². The highest BCUT2D eigenvalue weighted by Crippen LogP contribution is 2.65. The summed E-state index contributed by atoms with van der Waals surface area (Å²) >= 11 is 1.90. The van der Waals surface area contributed by atoms with Gasteiger partial charge in [0.2, 0.25) is 0 Å². The molecule has 2 aromatic heterocycles. The molecular weight excluding hydrogens is 901 g/mol. The van der Waals surface area contributed by atoms with Gasteiger partial charge in [-0.1, -0.05) is 178 Å². The van der Waals surface area contributed by atoms with Crippen molar-refractivity contribution in [2.75, 3.05) is 4.90 Å². The van der Waals surface area contributed by atoms with E-state index in [1.807, 2.05) is 11.3 Å². The zero-order valence-electron chi connectivity index (χ0n) is 40.4. The SMILES string of the molecule is CC1(C)c2ccccc2-c2ccc(N(c3ccc(-c4ccc5c(c4)c4ccccc4n5-c4ccccc4)cc3)c3ccc4c(c3)C3(c5ccccc5-4)c4ccccc4-c4c3ccc3sc5ccccc5c43)cc21. The van der Waals surface area contributed by atoms with Gasteiger partial charge in [-0.05, 0) is 157 Å². The van der Waals surface area contributed by atoms with E-state index in [0.717, 1.165) is 17.1 Å². The number of fused-ring (bicyclic) bond motifs is 20. The second-order valence-corrected chi connectivity index (χ2v) is 21.8. The van der Waals surface area contributed by atoms with Crippen LogP contribution in [0.1, 0.15) is 47.2 Å². The molecule has 2 heterocycles. The minimum atomic E-state index is -0.509. The lowest BCUT2D eigenvalue weighted by Crippen LogP contribution is -2.26. The van der Waals surface area contributed by atoms with Crippen LogP contribution in [0, 0.1) is 0 Å². The van der Waals surface area contributed by atoms with E-state index in [4.69, 9.17) is 0 Å². The number of nitrogens with zero attached hydrogens (tertiary/aromatic N) is 2. The third kappa shape index (κ3) is 5.47. The second-order valence-electron chi connectivity index (χ2n) is 20.7. The molecule has 13 aromatic rings. The van der Waals surface area contributed by atoms with Crippen molar-refractivity contribution in [1.82, 2.24) is 4.57 Å². The molecule has 0 N–H and O–H groups in total. The zero-order chi connectivity index (χ0) is 48.2. The van der Waals surface area contributed by atoms with Gasteiger partial charge in [0.1, 0.15) is 0 Å². The van der Waals surface area contributed by atoms with Crippen molar-refractivity contribution >= 4 is 70.4 Å². The van der Waals surface area contributed by atoms with Gasteiger partial charge < -0.3 is 9.47 Å². The molecule has 1 atom stereocenters. The van der Waals surface area contributed by atoms with Crippen molar-refractivity contribution in [3.05, 3.63) is 276 Å². The molecule has 16 rings (SSSR count). The molecule has 11 aromatic carbocycles. The average Bonchev–Trinajstić information content (AvgIpc) is 4.23. The first-order valence-electron chi connectivity index (χ1n) is 25.5. The predicted octanol–water partition coefficient (Wildman–Crippen LogP) is 18.9. The molecule has 1 unspecified atom stereocenters. The minimum absolute atomic E-state index is 0.155. The summed E-state index contributed by atoms with van der Waals surface area (Å²) < 4.78 is 5.05. The van der Waals surface area contributed by atoms with E-state index in [2.05, 4.69) is 266 Å². The lowest BCUT2D eigenvalue weighted by molar-refractivity contribution is 0.660. The summed E-state index contributed by atoms with van der Waals surface area (Å²) in [6.45, 7) is 4.77. The van der Waals surface area contributed by atoms with E-state index in [9.17, 15) is 0 Å². The second kappa shape index (κ2) is 14.9. The van der Waals surface area contributed by atoms with Gasteiger partial charge in [-0.15, -0.1) is 11.3 Å². The van der Waals surface area contributed by atoms with E-state index in [1.165, 1.54) is 126 Å². The highest BCUT2D eigenvalue weighted by molar-refractivity contribution is 7.26. The van der Waals surface area contributed by atoms with Crippen molar-refractivity contribution in [3.63, 3.8) is 0 Å². The summed E-state index contributed by atoms with van der Waals surface area (Å²) in [5, 5.41) is 5.21. The Hall–Kier alpha value is -8.76. The molecule has 0 bridgehead atoms. The average molecular weight is 947 g/mol. The topological polar surface area (TPSA) is 8.17 Å². The molecule has 3 heteroatoms. The van der Waals surface area contributed by atoms with E-state index in [1.54, 1.807) is 0 Å². The normalized spacial score (nSPS) is 15.4. The molecule has 0 aliphatic heterocycles. The van der Waals surface area contributed by atoms with E-state index in [-0.39, 0.29) is 5.41 Å². The summed E-state index contributed by atoms with van der Waals surface area (Å²) in [6, 6.07) is 91.5.